The van der Waals surface area contributed by atoms with Gasteiger partial charge >= 0.3 is 0 Å². The van der Waals surface area contributed by atoms with Crippen molar-refractivity contribution < 1.29 is 22.6 Å². The molecule has 0 bridgehead atoms. The van der Waals surface area contributed by atoms with E-state index in [-0.39, 0.29) is 12.2 Å². The molecule has 2 aliphatic rings. The summed E-state index contributed by atoms with van der Waals surface area (Å²) in [6.45, 7) is 6.16. The normalized spacial score (nSPS) is 19.0. The van der Waals surface area contributed by atoms with Gasteiger partial charge in [0.05, 0.1) is 13.2 Å². The molecule has 0 aliphatic carbocycles. The molecule has 23 heavy (non-hydrogen) atoms. The van der Waals surface area contributed by atoms with Crippen LogP contribution in [-0.4, -0.2) is 52.4 Å². The van der Waals surface area contributed by atoms with Gasteiger partial charge in [-0.25, -0.2) is 4.72 Å². The predicted octanol–water partition coefficient (Wildman–Crippen LogP) is 0.860. The van der Waals surface area contributed by atoms with Crippen molar-refractivity contribution in [3.8, 4) is 11.5 Å². The molecule has 0 aromatic heterocycles. The van der Waals surface area contributed by atoms with Crippen molar-refractivity contribution >= 4 is 10.2 Å². The van der Waals surface area contributed by atoms with Gasteiger partial charge in [0, 0.05) is 25.0 Å². The first-order valence-corrected chi connectivity index (χ1v) is 9.05. The van der Waals surface area contributed by atoms with Crippen molar-refractivity contribution in [3.63, 3.8) is 0 Å². The zero-order valence-corrected chi connectivity index (χ0v) is 14.2. The average molecular weight is 342 g/mol. The van der Waals surface area contributed by atoms with Gasteiger partial charge < -0.3 is 14.2 Å². The van der Waals surface area contributed by atoms with E-state index in [1.54, 1.807) is 0 Å². The lowest BCUT2D eigenvalue weighted by atomic mass is 9.85. The summed E-state index contributed by atoms with van der Waals surface area (Å²) in [5.41, 5.74) is 0.617. The van der Waals surface area contributed by atoms with Crippen molar-refractivity contribution in [1.82, 2.24) is 9.03 Å². The molecule has 1 aromatic rings. The lowest BCUT2D eigenvalue weighted by Gasteiger charge is -2.30. The minimum Gasteiger partial charge on any atom is -0.454 e. The Hall–Kier alpha value is -1.35. The lowest BCUT2D eigenvalue weighted by Crippen LogP contribution is -2.49. The first kappa shape index (κ1) is 16.5. The van der Waals surface area contributed by atoms with E-state index >= 15 is 0 Å². The molecule has 0 unspecified atom stereocenters. The SMILES string of the molecule is CC(C)(CNS(=O)(=O)N1CCOCC1)c1ccc2c(c1)OCO2. The molecule has 128 valence electrons. The van der Waals surface area contributed by atoms with Crippen molar-refractivity contribution in [2.75, 3.05) is 39.6 Å². The summed E-state index contributed by atoms with van der Waals surface area (Å²) >= 11 is 0. The minimum atomic E-state index is -3.49. The number of morpholine rings is 1. The Bertz CT molecular complexity index is 668. The number of nitrogens with zero attached hydrogens (tertiary/aromatic N) is 1. The van der Waals surface area contributed by atoms with Crippen LogP contribution in [0.15, 0.2) is 18.2 Å². The summed E-state index contributed by atoms with van der Waals surface area (Å²) in [5.74, 6) is 1.42. The van der Waals surface area contributed by atoms with E-state index in [4.69, 9.17) is 14.2 Å². The van der Waals surface area contributed by atoms with Gasteiger partial charge in [0.2, 0.25) is 6.79 Å². The van der Waals surface area contributed by atoms with Crippen LogP contribution in [0.25, 0.3) is 0 Å². The summed E-state index contributed by atoms with van der Waals surface area (Å²) < 4.78 is 44.8. The second-order valence-corrected chi connectivity index (χ2v) is 8.04. The van der Waals surface area contributed by atoms with E-state index in [9.17, 15) is 8.42 Å². The van der Waals surface area contributed by atoms with Gasteiger partial charge in [-0.3, -0.25) is 0 Å². The maximum atomic E-state index is 12.4. The van der Waals surface area contributed by atoms with Gasteiger partial charge in [0.25, 0.3) is 10.2 Å². The molecule has 1 fully saturated rings. The second-order valence-electron chi connectivity index (χ2n) is 6.29. The third-order valence-corrected chi connectivity index (χ3v) is 5.71. The molecule has 3 rings (SSSR count). The van der Waals surface area contributed by atoms with Crippen LogP contribution in [0.4, 0.5) is 0 Å². The van der Waals surface area contributed by atoms with Crippen LogP contribution in [0.2, 0.25) is 0 Å². The van der Waals surface area contributed by atoms with E-state index in [2.05, 4.69) is 4.72 Å². The molecular weight excluding hydrogens is 320 g/mol. The maximum absolute atomic E-state index is 12.4. The molecule has 1 aromatic carbocycles. The lowest BCUT2D eigenvalue weighted by molar-refractivity contribution is 0.0724. The van der Waals surface area contributed by atoms with E-state index < -0.39 is 10.2 Å². The van der Waals surface area contributed by atoms with Gasteiger partial charge in [-0.15, -0.1) is 0 Å². The van der Waals surface area contributed by atoms with Gasteiger partial charge in [0.15, 0.2) is 11.5 Å². The summed E-state index contributed by atoms with van der Waals surface area (Å²) in [6, 6.07) is 5.71. The molecule has 1 N–H and O–H groups in total. The number of rotatable bonds is 5. The summed E-state index contributed by atoms with van der Waals surface area (Å²) in [5, 5.41) is 0. The fourth-order valence-corrected chi connectivity index (χ4v) is 3.93. The number of nitrogens with one attached hydrogen (secondary N) is 1. The monoisotopic (exact) mass is 342 g/mol. The third-order valence-electron chi connectivity index (χ3n) is 4.16. The minimum absolute atomic E-state index is 0.225. The van der Waals surface area contributed by atoms with Crippen LogP contribution >= 0.6 is 0 Å². The first-order valence-electron chi connectivity index (χ1n) is 7.61. The van der Waals surface area contributed by atoms with E-state index in [0.717, 1.165) is 11.3 Å². The molecular formula is C15H22N2O5S. The summed E-state index contributed by atoms with van der Waals surface area (Å²) in [7, 11) is -3.49. The highest BCUT2D eigenvalue weighted by Gasteiger charge is 2.29. The van der Waals surface area contributed by atoms with Crippen molar-refractivity contribution in [2.45, 2.75) is 19.3 Å². The van der Waals surface area contributed by atoms with Crippen LogP contribution in [0.5, 0.6) is 11.5 Å². The topological polar surface area (TPSA) is 77.1 Å². The quantitative estimate of drug-likeness (QED) is 0.859. The highest BCUT2D eigenvalue weighted by atomic mass is 32.2. The van der Waals surface area contributed by atoms with Crippen molar-refractivity contribution in [3.05, 3.63) is 23.8 Å². The van der Waals surface area contributed by atoms with Crippen molar-refractivity contribution in [2.24, 2.45) is 0 Å². The standard InChI is InChI=1S/C15H22N2O5S/c1-15(2,12-3-4-13-14(9-12)22-11-21-13)10-16-23(18,19)17-5-7-20-8-6-17/h3-4,9,16H,5-8,10-11H2,1-2H3. The molecule has 0 amide bonds. The largest absolute Gasteiger partial charge is 0.454 e. The molecule has 0 radical (unpaired) electrons. The molecule has 8 heteroatoms. The number of fused-ring (bicyclic) bond motifs is 1. The number of hydrogen-bond acceptors (Lipinski definition) is 5. The van der Waals surface area contributed by atoms with Crippen molar-refractivity contribution in [1.29, 1.82) is 0 Å². The van der Waals surface area contributed by atoms with Gasteiger partial charge in [-0.05, 0) is 17.7 Å². The highest BCUT2D eigenvalue weighted by Crippen LogP contribution is 2.36. The number of hydrogen-bond donors (Lipinski definition) is 1. The first-order chi connectivity index (χ1) is 10.9. The van der Waals surface area contributed by atoms with Gasteiger partial charge in [-0.2, -0.15) is 12.7 Å². The zero-order chi connectivity index (χ0) is 16.5. The van der Waals surface area contributed by atoms with Gasteiger partial charge in [0.1, 0.15) is 0 Å². The molecule has 1 saturated heterocycles. The number of ether oxygens (including phenoxy) is 3. The van der Waals surface area contributed by atoms with Crippen LogP contribution in [0.3, 0.4) is 0 Å². The molecule has 2 aliphatic heterocycles. The van der Waals surface area contributed by atoms with Crippen LogP contribution in [0.1, 0.15) is 19.4 Å². The predicted molar refractivity (Wildman–Crippen MR) is 84.9 cm³/mol. The molecule has 7 nitrogen and oxygen atoms in total. The Kier molecular flexibility index (Phi) is 4.50. The Morgan fingerprint density at radius 2 is 1.87 bits per heavy atom. The highest BCUT2D eigenvalue weighted by molar-refractivity contribution is 7.87. The van der Waals surface area contributed by atoms with Crippen LogP contribution in [0, 0.1) is 0 Å². The van der Waals surface area contributed by atoms with E-state index in [0.29, 0.717) is 38.6 Å². The fraction of sp³-hybridized carbons (Fsp3) is 0.600. The summed E-state index contributed by atoms with van der Waals surface area (Å²) in [4.78, 5) is 0. The van der Waals surface area contributed by atoms with Crippen LogP contribution < -0.4 is 14.2 Å². The third kappa shape index (κ3) is 3.60. The summed E-state index contributed by atoms with van der Waals surface area (Å²) in [6.07, 6.45) is 0. The Labute approximate surface area is 136 Å². The molecule has 2 heterocycles. The average Bonchev–Trinajstić information content (AvgIpc) is 3.02. The maximum Gasteiger partial charge on any atom is 0.279 e. The smallest absolute Gasteiger partial charge is 0.279 e. The Balaban J connectivity index is 1.68. The second kappa shape index (κ2) is 6.27. The molecule has 0 spiro atoms. The molecule has 0 saturated carbocycles. The van der Waals surface area contributed by atoms with E-state index in [1.807, 2.05) is 32.0 Å². The fourth-order valence-electron chi connectivity index (χ4n) is 2.57. The van der Waals surface area contributed by atoms with E-state index in [1.165, 1.54) is 4.31 Å². The Morgan fingerprint density at radius 1 is 1.17 bits per heavy atom. The molecule has 0 atom stereocenters. The van der Waals surface area contributed by atoms with Gasteiger partial charge in [-0.1, -0.05) is 19.9 Å². The zero-order valence-electron chi connectivity index (χ0n) is 13.4. The Morgan fingerprint density at radius 3 is 2.61 bits per heavy atom. The van der Waals surface area contributed by atoms with Crippen LogP contribution in [-0.2, 0) is 20.4 Å². The number of benzene rings is 1.